The highest BCUT2D eigenvalue weighted by Crippen LogP contribution is 2.28. The van der Waals surface area contributed by atoms with Gasteiger partial charge in [0, 0.05) is 29.8 Å². The number of aromatic nitrogens is 2. The van der Waals surface area contributed by atoms with E-state index in [9.17, 15) is 4.79 Å². The summed E-state index contributed by atoms with van der Waals surface area (Å²) in [5.74, 6) is -0.0224. The van der Waals surface area contributed by atoms with E-state index in [1.54, 1.807) is 12.4 Å². The molecular weight excluding hydrogens is 342 g/mol. The molecule has 0 atom stereocenters. The van der Waals surface area contributed by atoms with E-state index in [1.807, 2.05) is 17.5 Å². The van der Waals surface area contributed by atoms with Gasteiger partial charge < -0.3 is 5.32 Å². The molecule has 0 saturated heterocycles. The van der Waals surface area contributed by atoms with Crippen LogP contribution in [0.25, 0.3) is 11.3 Å². The Morgan fingerprint density at radius 2 is 1.77 bits per heavy atom. The van der Waals surface area contributed by atoms with Crippen molar-refractivity contribution in [1.82, 2.24) is 9.97 Å². The van der Waals surface area contributed by atoms with Crippen LogP contribution in [0.2, 0.25) is 0 Å². The lowest BCUT2D eigenvalue weighted by atomic mass is 9.86. The summed E-state index contributed by atoms with van der Waals surface area (Å²) in [6.45, 7) is 6.60. The monoisotopic (exact) mass is 365 g/mol. The number of anilines is 1. The summed E-state index contributed by atoms with van der Waals surface area (Å²) in [4.78, 5) is 20.7. The molecule has 26 heavy (non-hydrogen) atoms. The van der Waals surface area contributed by atoms with Crippen LogP contribution in [0.15, 0.2) is 54.2 Å². The van der Waals surface area contributed by atoms with Crippen LogP contribution < -0.4 is 5.32 Å². The summed E-state index contributed by atoms with van der Waals surface area (Å²) in [7, 11) is 0. The van der Waals surface area contributed by atoms with Crippen molar-refractivity contribution in [3.63, 3.8) is 0 Å². The Hall–Kier alpha value is -2.53. The summed E-state index contributed by atoms with van der Waals surface area (Å²) >= 11 is 1.45. The highest BCUT2D eigenvalue weighted by molar-refractivity contribution is 7.14. The Morgan fingerprint density at radius 1 is 1.08 bits per heavy atom. The fourth-order valence-electron chi connectivity index (χ4n) is 2.59. The predicted molar refractivity (Wildman–Crippen MR) is 107 cm³/mol. The number of carbonyl (C=O) groups excluding carboxylic acids is 1. The van der Waals surface area contributed by atoms with Gasteiger partial charge in [0.05, 0.1) is 5.69 Å². The van der Waals surface area contributed by atoms with Gasteiger partial charge in [-0.05, 0) is 35.1 Å². The average molecular weight is 366 g/mol. The van der Waals surface area contributed by atoms with Gasteiger partial charge in [-0.15, -0.1) is 11.3 Å². The summed E-state index contributed by atoms with van der Waals surface area (Å²) < 4.78 is 0. The Morgan fingerprint density at radius 3 is 2.42 bits per heavy atom. The number of benzene rings is 1. The molecule has 0 aliphatic carbocycles. The van der Waals surface area contributed by atoms with Crippen LogP contribution in [-0.4, -0.2) is 15.9 Å². The van der Waals surface area contributed by atoms with Crippen molar-refractivity contribution < 1.29 is 4.79 Å². The van der Waals surface area contributed by atoms with E-state index in [1.165, 1.54) is 16.9 Å². The molecule has 2 heterocycles. The maximum absolute atomic E-state index is 12.1. The van der Waals surface area contributed by atoms with Crippen LogP contribution in [0.1, 0.15) is 38.3 Å². The summed E-state index contributed by atoms with van der Waals surface area (Å²) in [5.41, 5.74) is 4.48. The molecule has 0 aliphatic heterocycles. The van der Waals surface area contributed by atoms with E-state index in [2.05, 4.69) is 60.3 Å². The van der Waals surface area contributed by atoms with Crippen molar-refractivity contribution in [2.45, 2.75) is 39.0 Å². The topological polar surface area (TPSA) is 54.9 Å². The molecule has 0 bridgehead atoms. The molecule has 3 rings (SSSR count). The number of hydrogen-bond donors (Lipinski definition) is 1. The molecule has 2 aromatic heterocycles. The number of aryl methyl sites for hydroxylation is 1. The van der Waals surface area contributed by atoms with E-state index in [4.69, 9.17) is 0 Å². The molecule has 0 fully saturated rings. The number of nitrogens with one attached hydrogen (secondary N) is 1. The van der Waals surface area contributed by atoms with Crippen LogP contribution in [0.4, 0.5) is 5.13 Å². The number of hydrogen-bond acceptors (Lipinski definition) is 4. The number of nitrogens with zero attached hydrogens (tertiary/aromatic N) is 2. The first kappa shape index (κ1) is 18.3. The molecule has 1 N–H and O–H groups in total. The number of thiazole rings is 1. The zero-order valence-electron chi connectivity index (χ0n) is 15.3. The van der Waals surface area contributed by atoms with Crippen molar-refractivity contribution in [1.29, 1.82) is 0 Å². The minimum atomic E-state index is -0.0224. The van der Waals surface area contributed by atoms with Crippen LogP contribution in [0.5, 0.6) is 0 Å². The summed E-state index contributed by atoms with van der Waals surface area (Å²) in [6.07, 6.45) is 4.61. The molecule has 0 spiro atoms. The standard InChI is InChI=1S/C21H23N3OS/c1-21(2,3)17-7-5-16(6-8-17)18-14-26-20(23-18)24-19(25)9-4-15-10-12-22-13-11-15/h5-8,10-14H,4,9H2,1-3H3,(H,23,24,25). The number of carbonyl (C=O) groups is 1. The van der Waals surface area contributed by atoms with Gasteiger partial charge in [-0.1, -0.05) is 45.0 Å². The van der Waals surface area contributed by atoms with Gasteiger partial charge in [0.2, 0.25) is 5.91 Å². The fraction of sp³-hybridized carbons (Fsp3) is 0.286. The minimum absolute atomic E-state index is 0.0224. The van der Waals surface area contributed by atoms with E-state index >= 15 is 0 Å². The van der Waals surface area contributed by atoms with Gasteiger partial charge in [0.1, 0.15) is 0 Å². The molecule has 4 nitrogen and oxygen atoms in total. The number of amides is 1. The Balaban J connectivity index is 1.60. The van der Waals surface area contributed by atoms with Crippen LogP contribution in [0.3, 0.4) is 0 Å². The molecular formula is C21H23N3OS. The van der Waals surface area contributed by atoms with E-state index in [0.717, 1.165) is 16.8 Å². The Labute approximate surface area is 158 Å². The SMILES string of the molecule is CC(C)(C)c1ccc(-c2csc(NC(=O)CCc3ccncc3)n2)cc1. The largest absolute Gasteiger partial charge is 0.302 e. The zero-order chi connectivity index (χ0) is 18.6. The van der Waals surface area contributed by atoms with E-state index < -0.39 is 0 Å². The van der Waals surface area contributed by atoms with Crippen molar-refractivity contribution >= 4 is 22.4 Å². The van der Waals surface area contributed by atoms with Gasteiger partial charge in [0.25, 0.3) is 0 Å². The second-order valence-electron chi connectivity index (χ2n) is 7.27. The summed E-state index contributed by atoms with van der Waals surface area (Å²) in [5, 5.41) is 5.51. The Bertz CT molecular complexity index is 864. The van der Waals surface area contributed by atoms with Gasteiger partial charge >= 0.3 is 0 Å². The van der Waals surface area contributed by atoms with Crippen LogP contribution >= 0.6 is 11.3 Å². The van der Waals surface area contributed by atoms with E-state index in [0.29, 0.717) is 18.0 Å². The summed E-state index contributed by atoms with van der Waals surface area (Å²) in [6, 6.07) is 12.3. The lowest BCUT2D eigenvalue weighted by Gasteiger charge is -2.18. The first-order valence-corrected chi connectivity index (χ1v) is 9.55. The maximum atomic E-state index is 12.1. The molecule has 134 valence electrons. The molecule has 5 heteroatoms. The van der Waals surface area contributed by atoms with Gasteiger partial charge in [-0.2, -0.15) is 0 Å². The van der Waals surface area contributed by atoms with Crippen molar-refractivity contribution in [2.24, 2.45) is 0 Å². The third-order valence-corrected chi connectivity index (χ3v) is 4.95. The maximum Gasteiger partial charge on any atom is 0.226 e. The fourth-order valence-corrected chi connectivity index (χ4v) is 3.33. The van der Waals surface area contributed by atoms with Gasteiger partial charge in [-0.25, -0.2) is 4.98 Å². The van der Waals surface area contributed by atoms with Crippen LogP contribution in [-0.2, 0) is 16.6 Å². The third-order valence-electron chi connectivity index (χ3n) is 4.19. The van der Waals surface area contributed by atoms with Crippen molar-refractivity contribution in [3.05, 3.63) is 65.3 Å². The Kier molecular flexibility index (Phi) is 5.47. The lowest BCUT2D eigenvalue weighted by molar-refractivity contribution is -0.116. The molecule has 3 aromatic rings. The average Bonchev–Trinajstić information content (AvgIpc) is 3.09. The van der Waals surface area contributed by atoms with Crippen LogP contribution in [0, 0.1) is 0 Å². The molecule has 0 unspecified atom stereocenters. The second-order valence-corrected chi connectivity index (χ2v) is 8.13. The molecule has 1 aromatic carbocycles. The smallest absolute Gasteiger partial charge is 0.226 e. The molecule has 1 amide bonds. The zero-order valence-corrected chi connectivity index (χ0v) is 16.1. The molecule has 0 aliphatic rings. The van der Waals surface area contributed by atoms with Gasteiger partial charge in [0.15, 0.2) is 5.13 Å². The molecule has 0 saturated carbocycles. The highest BCUT2D eigenvalue weighted by Gasteiger charge is 2.14. The van der Waals surface area contributed by atoms with Crippen molar-refractivity contribution in [3.8, 4) is 11.3 Å². The quantitative estimate of drug-likeness (QED) is 0.686. The number of rotatable bonds is 5. The number of pyridine rings is 1. The predicted octanol–water partition coefficient (Wildman–Crippen LogP) is 5.07. The van der Waals surface area contributed by atoms with Crippen molar-refractivity contribution in [2.75, 3.05) is 5.32 Å². The minimum Gasteiger partial charge on any atom is -0.302 e. The molecule has 0 radical (unpaired) electrons. The third kappa shape index (κ3) is 4.76. The van der Waals surface area contributed by atoms with Gasteiger partial charge in [-0.3, -0.25) is 9.78 Å². The normalized spacial score (nSPS) is 11.3. The lowest BCUT2D eigenvalue weighted by Crippen LogP contribution is -2.12. The van der Waals surface area contributed by atoms with E-state index in [-0.39, 0.29) is 11.3 Å². The first-order chi connectivity index (χ1) is 12.4. The first-order valence-electron chi connectivity index (χ1n) is 8.67. The second kappa shape index (κ2) is 7.79. The highest BCUT2D eigenvalue weighted by atomic mass is 32.1.